The third kappa shape index (κ3) is 3.08. The zero-order chi connectivity index (χ0) is 17.4. The van der Waals surface area contributed by atoms with Gasteiger partial charge in [0.05, 0.1) is 16.8 Å². The van der Waals surface area contributed by atoms with Crippen LogP contribution in [0.5, 0.6) is 5.75 Å². The Morgan fingerprint density at radius 3 is 2.62 bits per heavy atom. The average Bonchev–Trinajstić information content (AvgIpc) is 3.11. The van der Waals surface area contributed by atoms with Gasteiger partial charge in [-0.1, -0.05) is 11.6 Å². The molecule has 2 aliphatic rings. The number of carbonyl (C=O) groups excluding carboxylic acids is 1. The minimum atomic E-state index is -1.38. The number of allylic oxidation sites excluding steroid dienone is 1. The number of cyclic esters (lactones) is 1. The van der Waals surface area contributed by atoms with Gasteiger partial charge in [-0.05, 0) is 51.2 Å². The van der Waals surface area contributed by atoms with Gasteiger partial charge in [-0.3, -0.25) is 0 Å². The van der Waals surface area contributed by atoms with Gasteiger partial charge >= 0.3 is 6.09 Å². The smallest absolute Gasteiger partial charge is 0.422 e. The second-order valence-electron chi connectivity index (χ2n) is 6.23. The van der Waals surface area contributed by atoms with Gasteiger partial charge in [0.15, 0.2) is 12.0 Å². The molecule has 130 valence electrons. The summed E-state index contributed by atoms with van der Waals surface area (Å²) in [6.45, 7) is 3.39. The lowest BCUT2D eigenvalue weighted by Crippen LogP contribution is -2.33. The highest BCUT2D eigenvalue weighted by Gasteiger charge is 2.40. The Morgan fingerprint density at radius 2 is 2.04 bits per heavy atom. The van der Waals surface area contributed by atoms with Crippen LogP contribution in [0.1, 0.15) is 39.5 Å². The highest BCUT2D eigenvalue weighted by molar-refractivity contribution is 6.32. The van der Waals surface area contributed by atoms with E-state index in [1.54, 1.807) is 13.8 Å². The van der Waals surface area contributed by atoms with Gasteiger partial charge in [0.1, 0.15) is 11.6 Å². The molecule has 7 heteroatoms. The molecule has 1 N–H and O–H groups in total. The number of anilines is 1. The first-order valence-corrected chi connectivity index (χ1v) is 8.28. The minimum Gasteiger partial charge on any atom is -0.489 e. The molecule has 3 rings (SSSR count). The maximum Gasteiger partial charge on any atom is 0.422 e. The molecular weight excluding hydrogens is 337 g/mol. The number of amides is 1. The average molecular weight is 356 g/mol. The number of aliphatic hydroxyl groups excluding tert-OH is 1. The highest BCUT2D eigenvalue weighted by Crippen LogP contribution is 2.38. The van der Waals surface area contributed by atoms with E-state index in [0.29, 0.717) is 11.3 Å². The lowest BCUT2D eigenvalue weighted by atomic mass is 10.2. The zero-order valence-corrected chi connectivity index (χ0v) is 14.3. The van der Waals surface area contributed by atoms with E-state index in [0.717, 1.165) is 36.6 Å². The molecule has 0 spiro atoms. The van der Waals surface area contributed by atoms with Crippen LogP contribution in [0.15, 0.2) is 23.5 Å². The third-order valence-corrected chi connectivity index (χ3v) is 4.52. The number of hydrogen-bond donors (Lipinski definition) is 1. The topological polar surface area (TPSA) is 59.0 Å². The molecule has 1 aliphatic carbocycles. The quantitative estimate of drug-likeness (QED) is 0.874. The summed E-state index contributed by atoms with van der Waals surface area (Å²) in [6, 6.07) is 2.43. The summed E-state index contributed by atoms with van der Waals surface area (Å²) in [4.78, 5) is 12.9. The highest BCUT2D eigenvalue weighted by atomic mass is 35.5. The molecule has 0 aromatic heterocycles. The van der Waals surface area contributed by atoms with Crippen LogP contribution in [0.25, 0.3) is 0 Å². The first kappa shape index (κ1) is 17.0. The van der Waals surface area contributed by atoms with Gasteiger partial charge in [0, 0.05) is 6.07 Å². The Labute approximate surface area is 144 Å². The van der Waals surface area contributed by atoms with Gasteiger partial charge in [0.2, 0.25) is 0 Å². The number of ether oxygens (including phenoxy) is 2. The molecule has 2 fully saturated rings. The van der Waals surface area contributed by atoms with Crippen molar-refractivity contribution in [2.45, 2.75) is 51.9 Å². The SMILES string of the molecule is CC(C)=C1OC(=O)N(c2cc(OC3CCCC3)c(Cl)cc2F)C1O. The van der Waals surface area contributed by atoms with Crippen LogP contribution in [-0.2, 0) is 4.74 Å². The predicted molar refractivity (Wildman–Crippen MR) is 87.6 cm³/mol. The van der Waals surface area contributed by atoms with Crippen molar-refractivity contribution in [2.24, 2.45) is 0 Å². The van der Waals surface area contributed by atoms with Crippen molar-refractivity contribution in [3.63, 3.8) is 0 Å². The fourth-order valence-electron chi connectivity index (χ4n) is 2.98. The largest absolute Gasteiger partial charge is 0.489 e. The number of benzene rings is 1. The monoisotopic (exact) mass is 355 g/mol. The molecule has 1 aromatic rings. The molecule has 0 bridgehead atoms. The first-order valence-electron chi connectivity index (χ1n) is 7.90. The van der Waals surface area contributed by atoms with E-state index >= 15 is 0 Å². The van der Waals surface area contributed by atoms with Crippen molar-refractivity contribution in [1.82, 2.24) is 0 Å². The van der Waals surface area contributed by atoms with Crippen molar-refractivity contribution in [2.75, 3.05) is 4.90 Å². The Bertz CT molecular complexity index is 696. The van der Waals surface area contributed by atoms with Crippen molar-refractivity contribution >= 4 is 23.4 Å². The Balaban J connectivity index is 1.95. The van der Waals surface area contributed by atoms with E-state index in [2.05, 4.69) is 0 Å². The van der Waals surface area contributed by atoms with Crippen LogP contribution < -0.4 is 9.64 Å². The van der Waals surface area contributed by atoms with Crippen LogP contribution >= 0.6 is 11.6 Å². The van der Waals surface area contributed by atoms with Crippen molar-refractivity contribution in [3.05, 3.63) is 34.3 Å². The number of nitrogens with zero attached hydrogens (tertiary/aromatic N) is 1. The van der Waals surface area contributed by atoms with Crippen LogP contribution in [0.3, 0.4) is 0 Å². The molecule has 1 heterocycles. The molecule has 1 amide bonds. The van der Waals surface area contributed by atoms with E-state index in [1.165, 1.54) is 6.07 Å². The normalized spacial score (nSPS) is 21.4. The molecule has 1 saturated carbocycles. The summed E-state index contributed by atoms with van der Waals surface area (Å²) < 4.78 is 25.2. The molecule has 5 nitrogen and oxygen atoms in total. The summed E-state index contributed by atoms with van der Waals surface area (Å²) in [7, 11) is 0. The summed E-state index contributed by atoms with van der Waals surface area (Å²) in [5.74, 6) is -0.331. The Morgan fingerprint density at radius 1 is 1.38 bits per heavy atom. The molecule has 1 atom stereocenters. The second-order valence-corrected chi connectivity index (χ2v) is 6.64. The van der Waals surface area contributed by atoms with Crippen LogP contribution in [0.4, 0.5) is 14.9 Å². The molecule has 1 saturated heterocycles. The van der Waals surface area contributed by atoms with E-state index in [-0.39, 0.29) is 22.6 Å². The molecule has 1 aliphatic heterocycles. The van der Waals surface area contributed by atoms with Gasteiger partial charge in [-0.2, -0.15) is 0 Å². The maximum atomic E-state index is 14.4. The number of rotatable bonds is 3. The van der Waals surface area contributed by atoms with Crippen LogP contribution in [0, 0.1) is 5.82 Å². The summed E-state index contributed by atoms with van der Waals surface area (Å²) in [5, 5.41) is 10.4. The van der Waals surface area contributed by atoms with Crippen LogP contribution in [-0.4, -0.2) is 23.5 Å². The molecule has 1 unspecified atom stereocenters. The Kier molecular flexibility index (Phi) is 4.69. The van der Waals surface area contributed by atoms with E-state index in [1.807, 2.05) is 0 Å². The number of halogens is 2. The van der Waals surface area contributed by atoms with E-state index in [4.69, 9.17) is 21.1 Å². The lowest BCUT2D eigenvalue weighted by Gasteiger charge is -2.21. The maximum absolute atomic E-state index is 14.4. The lowest BCUT2D eigenvalue weighted by molar-refractivity contribution is 0.184. The first-order chi connectivity index (χ1) is 11.4. The van der Waals surface area contributed by atoms with Gasteiger partial charge in [-0.25, -0.2) is 14.1 Å². The molecular formula is C17H19ClFNO4. The van der Waals surface area contributed by atoms with Crippen molar-refractivity contribution in [1.29, 1.82) is 0 Å². The van der Waals surface area contributed by atoms with Crippen molar-refractivity contribution < 1.29 is 23.8 Å². The van der Waals surface area contributed by atoms with E-state index in [9.17, 15) is 14.3 Å². The number of aliphatic hydroxyl groups is 1. The van der Waals surface area contributed by atoms with Gasteiger partial charge in [0.25, 0.3) is 0 Å². The fourth-order valence-corrected chi connectivity index (χ4v) is 3.18. The molecule has 24 heavy (non-hydrogen) atoms. The van der Waals surface area contributed by atoms with Crippen LogP contribution in [0.2, 0.25) is 5.02 Å². The second kappa shape index (κ2) is 6.61. The summed E-state index contributed by atoms with van der Waals surface area (Å²) in [6.07, 6.45) is 1.81. The predicted octanol–water partition coefficient (Wildman–Crippen LogP) is 4.37. The zero-order valence-electron chi connectivity index (χ0n) is 13.5. The van der Waals surface area contributed by atoms with Gasteiger partial charge < -0.3 is 14.6 Å². The van der Waals surface area contributed by atoms with Gasteiger partial charge in [-0.15, -0.1) is 0 Å². The summed E-state index contributed by atoms with van der Waals surface area (Å²) >= 11 is 6.07. The third-order valence-electron chi connectivity index (χ3n) is 4.22. The standard InChI is InChI=1S/C17H19ClFNO4/c1-9(2)15-16(21)20(17(22)24-15)13-8-14(11(18)7-12(13)19)23-10-5-3-4-6-10/h7-8,10,16,21H,3-6H2,1-2H3. The minimum absolute atomic E-state index is 0.0320. The van der Waals surface area contributed by atoms with E-state index < -0.39 is 18.1 Å². The number of carbonyl (C=O) groups is 1. The Hall–Kier alpha value is -1.79. The molecule has 0 radical (unpaired) electrons. The fraction of sp³-hybridized carbons (Fsp3) is 0.471. The number of hydrogen-bond acceptors (Lipinski definition) is 4. The molecule has 1 aromatic carbocycles. The van der Waals surface area contributed by atoms with Crippen molar-refractivity contribution in [3.8, 4) is 5.75 Å². The summed E-state index contributed by atoms with van der Waals surface area (Å²) in [5.41, 5.74) is 0.510.